The summed E-state index contributed by atoms with van der Waals surface area (Å²) >= 11 is 3.26. The number of benzene rings is 1. The van der Waals surface area contributed by atoms with Crippen LogP contribution in [-0.2, 0) is 9.68 Å². The lowest BCUT2D eigenvalue weighted by Crippen LogP contribution is -2.34. The van der Waals surface area contributed by atoms with Gasteiger partial charge in [0.1, 0.15) is 10.1 Å². The Balaban J connectivity index is 0.000000639. The number of hydrogen-bond donors (Lipinski definition) is 4. The fraction of sp³-hybridized carbons (Fsp3) is 0.250. The van der Waals surface area contributed by atoms with Gasteiger partial charge in [-0.1, -0.05) is 28.5 Å². The van der Waals surface area contributed by atoms with Gasteiger partial charge in [0.2, 0.25) is 0 Å². The molecule has 1 aromatic rings. The van der Waals surface area contributed by atoms with E-state index in [1.807, 2.05) is 5.32 Å². The number of carbonyl (C=O) groups excluding carboxylic acids is 4. The van der Waals surface area contributed by atoms with Crippen LogP contribution in [0.15, 0.2) is 40.6 Å². The van der Waals surface area contributed by atoms with Crippen LogP contribution in [0.5, 0.6) is 0 Å². The van der Waals surface area contributed by atoms with Gasteiger partial charge in [-0.25, -0.2) is 23.8 Å². The van der Waals surface area contributed by atoms with Gasteiger partial charge in [-0.3, -0.25) is 19.8 Å². The molecule has 0 aliphatic rings. The molecule has 12 nitrogen and oxygen atoms in total. The summed E-state index contributed by atoms with van der Waals surface area (Å²) in [5.41, 5.74) is 5.17. The summed E-state index contributed by atoms with van der Waals surface area (Å²) in [7, 11) is 0. The molecule has 0 bridgehead atoms. The van der Waals surface area contributed by atoms with Crippen LogP contribution in [0, 0.1) is 0 Å². The number of nitrogens with one attached hydrogen (secondary N) is 3. The molecule has 0 unspecified atom stereocenters. The molecule has 0 aliphatic carbocycles. The van der Waals surface area contributed by atoms with E-state index in [0.717, 1.165) is 0 Å². The molecule has 15 heteroatoms. The van der Waals surface area contributed by atoms with Crippen molar-refractivity contribution >= 4 is 69.9 Å². The Morgan fingerprint density at radius 1 is 0.871 bits per heavy atom. The summed E-state index contributed by atoms with van der Waals surface area (Å²) in [6.45, 7) is 3.37. The van der Waals surface area contributed by atoms with E-state index in [0.29, 0.717) is 27.8 Å². The Bertz CT molecular complexity index is 772. The molecule has 1 rings (SSSR count). The van der Waals surface area contributed by atoms with E-state index in [1.165, 1.54) is 23.5 Å². The molecule has 0 spiro atoms. The van der Waals surface area contributed by atoms with E-state index in [9.17, 15) is 19.2 Å². The first-order valence-electron chi connectivity index (χ1n) is 8.12. The Kier molecular flexibility index (Phi) is 15.3. The third-order valence-electron chi connectivity index (χ3n) is 2.65. The quantitative estimate of drug-likeness (QED) is 0.159. The second-order valence-electron chi connectivity index (χ2n) is 4.88. The van der Waals surface area contributed by atoms with Gasteiger partial charge in [-0.2, -0.15) is 0 Å². The summed E-state index contributed by atoms with van der Waals surface area (Å²) < 4.78 is 4.34. The summed E-state index contributed by atoms with van der Waals surface area (Å²) in [6, 6.07) is 7.53. The van der Waals surface area contributed by atoms with Crippen molar-refractivity contribution in [3.63, 3.8) is 0 Å². The molecule has 31 heavy (non-hydrogen) atoms. The number of nitrogens with zero attached hydrogens (tertiary/aromatic N) is 2. The van der Waals surface area contributed by atoms with Crippen LogP contribution in [-0.4, -0.2) is 46.7 Å². The minimum absolute atomic E-state index is 0.413. The van der Waals surface area contributed by atoms with Gasteiger partial charge in [-0.05, 0) is 38.5 Å². The molecule has 5 N–H and O–H groups in total. The molecule has 170 valence electrons. The molecule has 5 amide bonds. The van der Waals surface area contributed by atoms with E-state index in [4.69, 9.17) is 5.73 Å². The molecule has 0 fully saturated rings. The number of nitrogens with two attached hydrogens (primary N) is 1. The first-order valence-corrected chi connectivity index (χ1v) is 11.4. The average molecular weight is 491 g/mol. The van der Waals surface area contributed by atoms with Crippen molar-refractivity contribution in [2.75, 3.05) is 12.5 Å². The van der Waals surface area contributed by atoms with Crippen LogP contribution in [0.1, 0.15) is 24.2 Å². The van der Waals surface area contributed by atoms with Crippen LogP contribution in [0.25, 0.3) is 0 Å². The molecule has 0 aromatic heterocycles. The Hall–Kier alpha value is -2.91. The highest BCUT2D eigenvalue weighted by molar-refractivity contribution is 8.13. The maximum atomic E-state index is 11.1. The molecular formula is C16H22N6O6S3. The second-order valence-corrected chi connectivity index (χ2v) is 7.49. The highest BCUT2D eigenvalue weighted by Gasteiger charge is 2.06. The largest absolute Gasteiger partial charge is 0.444 e. The fourth-order valence-electron chi connectivity index (χ4n) is 1.21. The predicted molar refractivity (Wildman–Crippen MR) is 124 cm³/mol. The molecular weight excluding hydrogens is 468 g/mol. The van der Waals surface area contributed by atoms with Gasteiger partial charge in [0.05, 0.1) is 12.1 Å². The zero-order valence-electron chi connectivity index (χ0n) is 17.0. The number of rotatable bonds is 5. The van der Waals surface area contributed by atoms with Crippen LogP contribution >= 0.6 is 35.7 Å². The maximum absolute atomic E-state index is 11.1. The van der Waals surface area contributed by atoms with Crippen LogP contribution in [0.3, 0.4) is 0 Å². The van der Waals surface area contributed by atoms with Gasteiger partial charge in [0.15, 0.2) is 0 Å². The van der Waals surface area contributed by atoms with Gasteiger partial charge in [0.25, 0.3) is 5.91 Å². The van der Waals surface area contributed by atoms with Gasteiger partial charge >= 0.3 is 18.2 Å². The Morgan fingerprint density at radius 2 is 1.32 bits per heavy atom. The zero-order chi connectivity index (χ0) is 23.6. The van der Waals surface area contributed by atoms with Gasteiger partial charge < -0.3 is 5.73 Å². The number of imide groups is 1. The highest BCUT2D eigenvalue weighted by Crippen LogP contribution is 2.00. The lowest BCUT2D eigenvalue weighted by molar-refractivity contribution is 0.0966. The summed E-state index contributed by atoms with van der Waals surface area (Å²) in [6.07, 6.45) is 1.96. The number of carbonyl (C=O) groups is 4. The molecule has 0 saturated heterocycles. The second kappa shape index (κ2) is 16.8. The van der Waals surface area contributed by atoms with E-state index >= 15 is 0 Å². The van der Waals surface area contributed by atoms with Crippen molar-refractivity contribution in [2.24, 2.45) is 16.0 Å². The Morgan fingerprint density at radius 3 is 1.71 bits per heavy atom. The third-order valence-corrected chi connectivity index (χ3v) is 4.51. The van der Waals surface area contributed by atoms with Crippen molar-refractivity contribution < 1.29 is 28.9 Å². The minimum atomic E-state index is -0.844. The number of thioether (sulfide) groups is 2. The first kappa shape index (κ1) is 28.1. The van der Waals surface area contributed by atoms with Crippen LogP contribution in [0.4, 0.5) is 14.4 Å². The first-order chi connectivity index (χ1) is 14.7. The zero-order valence-corrected chi connectivity index (χ0v) is 19.5. The summed E-state index contributed by atoms with van der Waals surface area (Å²) in [5, 5.41) is 10.1. The lowest BCUT2D eigenvalue weighted by atomic mass is 10.2. The monoisotopic (exact) mass is 490 g/mol. The molecule has 0 atom stereocenters. The predicted octanol–water partition coefficient (Wildman–Crippen LogP) is 2.89. The molecule has 0 saturated carbocycles. The van der Waals surface area contributed by atoms with Crippen molar-refractivity contribution in [2.45, 2.75) is 13.8 Å². The fourth-order valence-corrected chi connectivity index (χ4v) is 1.72. The average Bonchev–Trinajstić information content (AvgIpc) is 2.76. The van der Waals surface area contributed by atoms with Crippen molar-refractivity contribution in [3.05, 3.63) is 35.9 Å². The minimum Gasteiger partial charge on any atom is -0.351 e. The van der Waals surface area contributed by atoms with Gasteiger partial charge in [0, 0.05) is 5.56 Å². The lowest BCUT2D eigenvalue weighted by Gasteiger charge is -2.02. The van der Waals surface area contributed by atoms with Crippen LogP contribution < -0.4 is 20.5 Å². The van der Waals surface area contributed by atoms with Gasteiger partial charge in [-0.15, -0.1) is 23.5 Å². The number of urea groups is 1. The SMILES string of the molecule is CSC(C)=NOC(=O)NSNC(=O)ON=C(C)SC.NC(=O)NC(=O)c1ccccc1. The smallest absolute Gasteiger partial charge is 0.351 e. The van der Waals surface area contributed by atoms with E-state index in [2.05, 4.69) is 29.4 Å². The van der Waals surface area contributed by atoms with Crippen molar-refractivity contribution in [1.29, 1.82) is 0 Å². The normalized spacial score (nSPS) is 10.7. The van der Waals surface area contributed by atoms with E-state index in [-0.39, 0.29) is 0 Å². The number of primary amides is 1. The molecule has 0 heterocycles. The van der Waals surface area contributed by atoms with Crippen molar-refractivity contribution in [1.82, 2.24) is 14.8 Å². The number of oxime groups is 2. The molecule has 0 radical (unpaired) electrons. The molecule has 1 aromatic carbocycles. The van der Waals surface area contributed by atoms with E-state index in [1.54, 1.807) is 56.7 Å². The standard InChI is InChI=1S/C8H14N4O4S3.C8H8N2O2/c1-5(17-3)9-15-7(13)11-19-12-8(14)16-10-6(2)18-4;9-8(12)10-7(11)6-4-2-1-3-5-6/h1-4H3,(H,11,13)(H,12,14);1-5H,(H3,9,10,11,12). The third kappa shape index (κ3) is 15.6. The maximum Gasteiger partial charge on any atom is 0.444 e. The van der Waals surface area contributed by atoms with Crippen molar-refractivity contribution in [3.8, 4) is 0 Å². The number of amides is 5. The van der Waals surface area contributed by atoms with E-state index < -0.39 is 24.1 Å². The van der Waals surface area contributed by atoms with Crippen LogP contribution in [0.2, 0.25) is 0 Å². The summed E-state index contributed by atoms with van der Waals surface area (Å²) in [4.78, 5) is 52.4. The number of hydrogen-bond acceptors (Lipinski definition) is 11. The topological polar surface area (TPSA) is 174 Å². The highest BCUT2D eigenvalue weighted by atomic mass is 32.2. The summed E-state index contributed by atoms with van der Waals surface area (Å²) in [5.74, 6) is -0.483. The Labute approximate surface area is 191 Å². The molecule has 0 aliphatic heterocycles.